The number of rotatable bonds is 3. The highest BCUT2D eigenvalue weighted by Crippen LogP contribution is 2.30. The third-order valence-corrected chi connectivity index (χ3v) is 3.32. The van der Waals surface area contributed by atoms with E-state index in [0.717, 1.165) is 32.6 Å². The van der Waals surface area contributed by atoms with E-state index in [0.29, 0.717) is 5.56 Å². The molecule has 1 amide bonds. The minimum absolute atomic E-state index is 0.204. The average Bonchev–Trinajstić information content (AvgIpc) is 2.62. The number of phenolic OH excluding ortho intramolecular Hbond substituents is 2. The van der Waals surface area contributed by atoms with Crippen molar-refractivity contribution in [3.8, 4) is 11.5 Å². The number of aromatic hydroxyl groups is 2. The molecule has 1 fully saturated rings. The van der Waals surface area contributed by atoms with Crippen molar-refractivity contribution in [3.63, 3.8) is 0 Å². The minimum atomic E-state index is -0.577. The molecule has 1 unspecified atom stereocenters. The SMILES string of the molecule is NC(=O)C(c1ccc(O)c(O)c1)N1CCCNCC1. The summed E-state index contributed by atoms with van der Waals surface area (Å²) >= 11 is 0. The van der Waals surface area contributed by atoms with Crippen molar-refractivity contribution in [2.75, 3.05) is 26.2 Å². The number of phenols is 2. The number of amides is 1. The van der Waals surface area contributed by atoms with E-state index in [4.69, 9.17) is 5.73 Å². The van der Waals surface area contributed by atoms with Gasteiger partial charge in [0.25, 0.3) is 0 Å². The molecule has 1 aliphatic rings. The van der Waals surface area contributed by atoms with E-state index in [1.807, 2.05) is 4.90 Å². The fourth-order valence-electron chi connectivity index (χ4n) is 2.39. The van der Waals surface area contributed by atoms with E-state index in [1.54, 1.807) is 6.07 Å². The van der Waals surface area contributed by atoms with Gasteiger partial charge in [0.2, 0.25) is 5.91 Å². The van der Waals surface area contributed by atoms with Gasteiger partial charge in [-0.15, -0.1) is 0 Å². The van der Waals surface area contributed by atoms with E-state index in [1.165, 1.54) is 12.1 Å². The van der Waals surface area contributed by atoms with Crippen LogP contribution in [0.2, 0.25) is 0 Å². The molecular weight excluding hydrogens is 246 g/mol. The van der Waals surface area contributed by atoms with E-state index >= 15 is 0 Å². The molecule has 0 bridgehead atoms. The molecule has 1 aromatic rings. The Bertz CT molecular complexity index is 456. The van der Waals surface area contributed by atoms with Crippen molar-refractivity contribution in [1.82, 2.24) is 10.2 Å². The number of nitrogens with zero attached hydrogens (tertiary/aromatic N) is 1. The molecule has 5 N–H and O–H groups in total. The van der Waals surface area contributed by atoms with Crippen LogP contribution in [0.3, 0.4) is 0 Å². The highest BCUT2D eigenvalue weighted by atomic mass is 16.3. The maximum atomic E-state index is 11.7. The third-order valence-electron chi connectivity index (χ3n) is 3.32. The van der Waals surface area contributed by atoms with Crippen LogP contribution in [0.15, 0.2) is 18.2 Å². The Balaban J connectivity index is 2.27. The second-order valence-corrected chi connectivity index (χ2v) is 4.69. The first-order valence-electron chi connectivity index (χ1n) is 6.35. The van der Waals surface area contributed by atoms with E-state index in [2.05, 4.69) is 5.32 Å². The summed E-state index contributed by atoms with van der Waals surface area (Å²) in [6.45, 7) is 3.20. The fourth-order valence-corrected chi connectivity index (χ4v) is 2.39. The zero-order valence-electron chi connectivity index (χ0n) is 10.7. The van der Waals surface area contributed by atoms with Crippen molar-refractivity contribution < 1.29 is 15.0 Å². The Morgan fingerprint density at radius 1 is 1.26 bits per heavy atom. The standard InChI is InChI=1S/C13H19N3O3/c14-13(19)12(16-6-1-4-15-5-7-16)9-2-3-10(17)11(18)8-9/h2-3,8,12,15,17-18H,1,4-7H2,(H2,14,19). The van der Waals surface area contributed by atoms with Gasteiger partial charge in [-0.25, -0.2) is 0 Å². The topological polar surface area (TPSA) is 98.8 Å². The predicted octanol–water partition coefficient (Wildman–Crippen LogP) is -0.0805. The zero-order chi connectivity index (χ0) is 13.8. The second-order valence-electron chi connectivity index (χ2n) is 4.69. The second kappa shape index (κ2) is 5.90. The maximum Gasteiger partial charge on any atom is 0.239 e. The Kier molecular flexibility index (Phi) is 4.24. The Morgan fingerprint density at radius 3 is 2.74 bits per heavy atom. The number of hydrogen-bond acceptors (Lipinski definition) is 5. The van der Waals surface area contributed by atoms with Crippen molar-refractivity contribution >= 4 is 5.91 Å². The highest BCUT2D eigenvalue weighted by molar-refractivity contribution is 5.81. The number of primary amides is 1. The van der Waals surface area contributed by atoms with Crippen molar-refractivity contribution in [1.29, 1.82) is 0 Å². The normalized spacial score (nSPS) is 18.7. The van der Waals surface area contributed by atoms with Crippen LogP contribution in [0.5, 0.6) is 11.5 Å². The summed E-state index contributed by atoms with van der Waals surface area (Å²) in [5.74, 6) is -0.895. The number of benzene rings is 1. The Morgan fingerprint density at radius 2 is 2.05 bits per heavy atom. The fraction of sp³-hybridized carbons (Fsp3) is 0.462. The van der Waals surface area contributed by atoms with Gasteiger partial charge < -0.3 is 21.3 Å². The minimum Gasteiger partial charge on any atom is -0.504 e. The lowest BCUT2D eigenvalue weighted by molar-refractivity contribution is -0.123. The summed E-state index contributed by atoms with van der Waals surface area (Å²) in [6.07, 6.45) is 0.938. The van der Waals surface area contributed by atoms with Crippen LogP contribution in [0.1, 0.15) is 18.0 Å². The number of carbonyl (C=O) groups excluding carboxylic acids is 1. The van der Waals surface area contributed by atoms with Gasteiger partial charge in [-0.1, -0.05) is 6.07 Å². The molecular formula is C13H19N3O3. The van der Waals surface area contributed by atoms with Gasteiger partial charge in [-0.05, 0) is 30.7 Å². The number of nitrogens with one attached hydrogen (secondary N) is 1. The zero-order valence-corrected chi connectivity index (χ0v) is 10.7. The molecule has 1 heterocycles. The summed E-state index contributed by atoms with van der Waals surface area (Å²) in [5, 5.41) is 22.1. The molecule has 6 nitrogen and oxygen atoms in total. The average molecular weight is 265 g/mol. The van der Waals surface area contributed by atoms with Crippen LogP contribution in [-0.2, 0) is 4.79 Å². The van der Waals surface area contributed by atoms with Crippen molar-refractivity contribution in [2.24, 2.45) is 5.73 Å². The lowest BCUT2D eigenvalue weighted by Crippen LogP contribution is -2.39. The van der Waals surface area contributed by atoms with Gasteiger partial charge >= 0.3 is 0 Å². The first kappa shape index (κ1) is 13.6. The lowest BCUT2D eigenvalue weighted by atomic mass is 10.0. The molecule has 1 aliphatic heterocycles. The molecule has 0 saturated carbocycles. The molecule has 0 aromatic heterocycles. The van der Waals surface area contributed by atoms with Gasteiger partial charge in [-0.2, -0.15) is 0 Å². The largest absolute Gasteiger partial charge is 0.504 e. The van der Waals surface area contributed by atoms with E-state index < -0.39 is 11.9 Å². The third kappa shape index (κ3) is 3.15. The van der Waals surface area contributed by atoms with Crippen LogP contribution < -0.4 is 11.1 Å². The van der Waals surface area contributed by atoms with Crippen molar-refractivity contribution in [3.05, 3.63) is 23.8 Å². The monoisotopic (exact) mass is 265 g/mol. The highest BCUT2D eigenvalue weighted by Gasteiger charge is 2.26. The van der Waals surface area contributed by atoms with Gasteiger partial charge in [0.1, 0.15) is 6.04 Å². The van der Waals surface area contributed by atoms with Crippen LogP contribution in [0.4, 0.5) is 0 Å². The Labute approximate surface area is 111 Å². The molecule has 104 valence electrons. The van der Waals surface area contributed by atoms with Crippen LogP contribution in [0, 0.1) is 0 Å². The summed E-state index contributed by atoms with van der Waals surface area (Å²) < 4.78 is 0. The first-order valence-corrected chi connectivity index (χ1v) is 6.35. The van der Waals surface area contributed by atoms with Gasteiger partial charge in [0.05, 0.1) is 0 Å². The van der Waals surface area contributed by atoms with Crippen LogP contribution in [-0.4, -0.2) is 47.2 Å². The van der Waals surface area contributed by atoms with E-state index in [9.17, 15) is 15.0 Å². The maximum absolute atomic E-state index is 11.7. The Hall–Kier alpha value is -1.79. The number of nitrogens with two attached hydrogens (primary N) is 1. The molecule has 1 saturated heterocycles. The molecule has 19 heavy (non-hydrogen) atoms. The van der Waals surface area contributed by atoms with Crippen molar-refractivity contribution in [2.45, 2.75) is 12.5 Å². The summed E-state index contributed by atoms with van der Waals surface area (Å²) in [4.78, 5) is 13.7. The molecule has 6 heteroatoms. The van der Waals surface area contributed by atoms with E-state index in [-0.39, 0.29) is 11.5 Å². The summed E-state index contributed by atoms with van der Waals surface area (Å²) in [7, 11) is 0. The smallest absolute Gasteiger partial charge is 0.239 e. The molecule has 1 atom stereocenters. The van der Waals surface area contributed by atoms with Crippen LogP contribution in [0.25, 0.3) is 0 Å². The number of carbonyl (C=O) groups is 1. The quantitative estimate of drug-likeness (QED) is 0.573. The van der Waals surface area contributed by atoms with Crippen LogP contribution >= 0.6 is 0 Å². The molecule has 2 rings (SSSR count). The molecule has 0 spiro atoms. The lowest BCUT2D eigenvalue weighted by Gasteiger charge is -2.28. The molecule has 0 radical (unpaired) electrons. The predicted molar refractivity (Wildman–Crippen MR) is 70.8 cm³/mol. The first-order chi connectivity index (χ1) is 9.09. The summed E-state index contributed by atoms with van der Waals surface area (Å²) in [5.41, 5.74) is 6.10. The van der Waals surface area contributed by atoms with Gasteiger partial charge in [0, 0.05) is 19.6 Å². The summed E-state index contributed by atoms with van der Waals surface area (Å²) in [6, 6.07) is 3.80. The van der Waals surface area contributed by atoms with Gasteiger partial charge in [0.15, 0.2) is 11.5 Å². The molecule has 0 aliphatic carbocycles. The number of hydrogen-bond donors (Lipinski definition) is 4. The molecule has 1 aromatic carbocycles. The van der Waals surface area contributed by atoms with Gasteiger partial charge in [-0.3, -0.25) is 9.69 Å².